The third-order valence-electron chi connectivity index (χ3n) is 2.44. The van der Waals surface area contributed by atoms with Crippen LogP contribution in [0.4, 0.5) is 0 Å². The molecule has 0 bridgehead atoms. The molecule has 0 aromatic carbocycles. The van der Waals surface area contributed by atoms with E-state index >= 15 is 0 Å². The molecule has 3 nitrogen and oxygen atoms in total. The molecule has 0 spiro atoms. The number of nitrogens with zero attached hydrogens (tertiary/aromatic N) is 3. The highest BCUT2D eigenvalue weighted by Crippen LogP contribution is 2.39. The number of halogens is 2. The summed E-state index contributed by atoms with van der Waals surface area (Å²) in [5.74, 6) is 0. The van der Waals surface area contributed by atoms with Crippen molar-refractivity contribution >= 4 is 38.6 Å². The molecule has 0 saturated heterocycles. The van der Waals surface area contributed by atoms with E-state index < -0.39 is 0 Å². The summed E-state index contributed by atoms with van der Waals surface area (Å²) in [7, 11) is 0. The van der Waals surface area contributed by atoms with Crippen LogP contribution in [0.5, 0.6) is 0 Å². The Morgan fingerprint density at radius 3 is 3.00 bits per heavy atom. The molecule has 0 unspecified atom stereocenters. The van der Waals surface area contributed by atoms with Crippen LogP contribution >= 0.6 is 27.5 Å². The summed E-state index contributed by atoms with van der Waals surface area (Å²) < 4.78 is 3.21. The Labute approximate surface area is 94.2 Å². The molecule has 3 rings (SSSR count). The van der Waals surface area contributed by atoms with Crippen LogP contribution in [0.25, 0.3) is 11.0 Å². The molecule has 2 heterocycles. The standard InChI is InChI=1S/C9H7BrClN3/c10-6-4-14(5-1-2-5)7-3-12-9(11)13-8(6)7/h3-5H,1-2H2. The molecule has 0 atom stereocenters. The monoisotopic (exact) mass is 271 g/mol. The Bertz CT molecular complexity index is 504. The second-order valence-electron chi connectivity index (χ2n) is 3.49. The van der Waals surface area contributed by atoms with Gasteiger partial charge < -0.3 is 4.57 Å². The third-order valence-corrected chi connectivity index (χ3v) is 3.20. The predicted octanol–water partition coefficient (Wildman–Crippen LogP) is 3.18. The lowest BCUT2D eigenvalue weighted by atomic mass is 10.4. The Balaban J connectivity index is 2.32. The van der Waals surface area contributed by atoms with Gasteiger partial charge in [-0.2, -0.15) is 0 Å². The first kappa shape index (κ1) is 8.68. The van der Waals surface area contributed by atoms with E-state index in [1.807, 2.05) is 0 Å². The molecule has 1 aliphatic rings. The summed E-state index contributed by atoms with van der Waals surface area (Å²) in [5.41, 5.74) is 1.96. The number of hydrogen-bond acceptors (Lipinski definition) is 2. The van der Waals surface area contributed by atoms with Gasteiger partial charge in [0.2, 0.25) is 5.28 Å². The number of hydrogen-bond donors (Lipinski definition) is 0. The lowest BCUT2D eigenvalue weighted by molar-refractivity contribution is 0.772. The van der Waals surface area contributed by atoms with Crippen molar-refractivity contribution in [3.8, 4) is 0 Å². The first-order valence-corrected chi connectivity index (χ1v) is 5.61. The first-order valence-electron chi connectivity index (χ1n) is 4.44. The normalized spacial score (nSPS) is 16.4. The van der Waals surface area contributed by atoms with Crippen molar-refractivity contribution in [3.63, 3.8) is 0 Å². The summed E-state index contributed by atoms with van der Waals surface area (Å²) >= 11 is 9.22. The van der Waals surface area contributed by atoms with Crippen LogP contribution in [0.2, 0.25) is 5.28 Å². The summed E-state index contributed by atoms with van der Waals surface area (Å²) in [6.07, 6.45) is 6.35. The van der Waals surface area contributed by atoms with Gasteiger partial charge in [-0.3, -0.25) is 0 Å². The summed E-state index contributed by atoms with van der Waals surface area (Å²) in [6, 6.07) is 0.633. The maximum absolute atomic E-state index is 5.74. The van der Waals surface area contributed by atoms with E-state index in [1.54, 1.807) is 6.20 Å². The Morgan fingerprint density at radius 1 is 1.50 bits per heavy atom. The predicted molar refractivity (Wildman–Crippen MR) is 58.5 cm³/mol. The molecule has 0 aliphatic heterocycles. The molecule has 0 radical (unpaired) electrons. The van der Waals surface area contributed by atoms with Crippen molar-refractivity contribution in [1.29, 1.82) is 0 Å². The number of aromatic nitrogens is 3. The van der Waals surface area contributed by atoms with E-state index in [1.165, 1.54) is 12.8 Å². The van der Waals surface area contributed by atoms with Crippen LogP contribution in [0, 0.1) is 0 Å². The Kier molecular flexibility index (Phi) is 1.82. The molecule has 5 heteroatoms. The molecule has 0 N–H and O–H groups in total. The summed E-state index contributed by atoms with van der Waals surface area (Å²) in [4.78, 5) is 8.20. The van der Waals surface area contributed by atoms with Crippen LogP contribution in [0.15, 0.2) is 16.9 Å². The van der Waals surface area contributed by atoms with Crippen LogP contribution in [-0.4, -0.2) is 14.5 Å². The lowest BCUT2D eigenvalue weighted by Crippen LogP contribution is -1.91. The fourth-order valence-electron chi connectivity index (χ4n) is 1.63. The highest BCUT2D eigenvalue weighted by atomic mass is 79.9. The Hall–Kier alpha value is -0.610. The molecule has 1 saturated carbocycles. The zero-order valence-electron chi connectivity index (χ0n) is 7.24. The van der Waals surface area contributed by atoms with Gasteiger partial charge in [-0.25, -0.2) is 9.97 Å². The van der Waals surface area contributed by atoms with E-state index in [9.17, 15) is 0 Å². The summed E-state index contributed by atoms with van der Waals surface area (Å²) in [5, 5.41) is 0.298. The molecular weight excluding hydrogens is 265 g/mol. The molecule has 2 aromatic rings. The maximum Gasteiger partial charge on any atom is 0.223 e. The fourth-order valence-corrected chi connectivity index (χ4v) is 2.27. The molecular formula is C9H7BrClN3. The quantitative estimate of drug-likeness (QED) is 0.747. The molecule has 0 amide bonds. The zero-order valence-corrected chi connectivity index (χ0v) is 9.59. The van der Waals surface area contributed by atoms with E-state index in [0.29, 0.717) is 11.3 Å². The van der Waals surface area contributed by atoms with Crippen LogP contribution < -0.4 is 0 Å². The van der Waals surface area contributed by atoms with Gasteiger partial charge >= 0.3 is 0 Å². The minimum absolute atomic E-state index is 0.298. The molecule has 72 valence electrons. The molecule has 1 aliphatic carbocycles. The van der Waals surface area contributed by atoms with Crippen molar-refractivity contribution in [2.75, 3.05) is 0 Å². The van der Waals surface area contributed by atoms with E-state index in [-0.39, 0.29) is 0 Å². The van der Waals surface area contributed by atoms with Crippen molar-refractivity contribution in [1.82, 2.24) is 14.5 Å². The first-order chi connectivity index (χ1) is 6.75. The van der Waals surface area contributed by atoms with E-state index in [4.69, 9.17) is 11.6 Å². The van der Waals surface area contributed by atoms with E-state index in [2.05, 4.69) is 36.7 Å². The average molecular weight is 273 g/mol. The fraction of sp³-hybridized carbons (Fsp3) is 0.333. The van der Waals surface area contributed by atoms with Gasteiger partial charge in [0.1, 0.15) is 5.52 Å². The van der Waals surface area contributed by atoms with Gasteiger partial charge in [-0.15, -0.1) is 0 Å². The largest absolute Gasteiger partial charge is 0.341 e. The second-order valence-corrected chi connectivity index (χ2v) is 4.68. The SMILES string of the molecule is Clc1ncc2c(n1)c(Br)cn2C1CC1. The van der Waals surface area contributed by atoms with Crippen molar-refractivity contribution in [3.05, 3.63) is 22.1 Å². The van der Waals surface area contributed by atoms with Crippen molar-refractivity contribution in [2.24, 2.45) is 0 Å². The van der Waals surface area contributed by atoms with Crippen LogP contribution in [0.1, 0.15) is 18.9 Å². The Morgan fingerprint density at radius 2 is 2.29 bits per heavy atom. The van der Waals surface area contributed by atoms with E-state index in [0.717, 1.165) is 15.5 Å². The smallest absolute Gasteiger partial charge is 0.223 e. The highest BCUT2D eigenvalue weighted by molar-refractivity contribution is 9.10. The lowest BCUT2D eigenvalue weighted by Gasteiger charge is -1.99. The van der Waals surface area contributed by atoms with Gasteiger partial charge in [0, 0.05) is 12.2 Å². The third kappa shape index (κ3) is 1.25. The highest BCUT2D eigenvalue weighted by Gasteiger charge is 2.26. The molecule has 1 fully saturated rings. The van der Waals surface area contributed by atoms with Gasteiger partial charge in [0.25, 0.3) is 0 Å². The maximum atomic E-state index is 5.74. The van der Waals surface area contributed by atoms with Gasteiger partial charge in [0.15, 0.2) is 0 Å². The topological polar surface area (TPSA) is 30.7 Å². The minimum atomic E-state index is 0.298. The van der Waals surface area contributed by atoms with Gasteiger partial charge in [-0.1, -0.05) is 0 Å². The van der Waals surface area contributed by atoms with Crippen molar-refractivity contribution in [2.45, 2.75) is 18.9 Å². The van der Waals surface area contributed by atoms with Crippen molar-refractivity contribution < 1.29 is 0 Å². The van der Waals surface area contributed by atoms with Crippen LogP contribution in [-0.2, 0) is 0 Å². The van der Waals surface area contributed by atoms with Gasteiger partial charge in [0.05, 0.1) is 16.2 Å². The summed E-state index contributed by atoms with van der Waals surface area (Å²) in [6.45, 7) is 0. The average Bonchev–Trinajstić information content (AvgIpc) is 2.94. The molecule has 14 heavy (non-hydrogen) atoms. The second kappa shape index (κ2) is 2.94. The minimum Gasteiger partial charge on any atom is -0.341 e. The zero-order chi connectivity index (χ0) is 9.71. The number of rotatable bonds is 1. The van der Waals surface area contributed by atoms with Crippen LogP contribution in [0.3, 0.4) is 0 Å². The van der Waals surface area contributed by atoms with Gasteiger partial charge in [-0.05, 0) is 40.4 Å². The molecule has 2 aromatic heterocycles. The number of fused-ring (bicyclic) bond motifs is 1.